The molecule has 2 N–H and O–H groups in total. The Morgan fingerprint density at radius 1 is 1.11 bits per heavy atom. The molecule has 2 aromatic rings. The normalized spacial score (nSPS) is 14.8. The van der Waals surface area contributed by atoms with E-state index in [9.17, 15) is 9.59 Å². The summed E-state index contributed by atoms with van der Waals surface area (Å²) in [5.41, 5.74) is 2.04. The first-order valence-electron chi connectivity index (χ1n) is 9.96. The van der Waals surface area contributed by atoms with Gasteiger partial charge in [0.05, 0.1) is 29.1 Å². The third-order valence-electron chi connectivity index (χ3n) is 4.90. The molecule has 0 aliphatic heterocycles. The van der Waals surface area contributed by atoms with Gasteiger partial charge in [-0.25, -0.2) is 4.79 Å². The summed E-state index contributed by atoms with van der Waals surface area (Å²) in [5.74, 6) is -0.769. The van der Waals surface area contributed by atoms with Gasteiger partial charge in [-0.2, -0.15) is 0 Å². The van der Waals surface area contributed by atoms with Crippen LogP contribution in [0.4, 0.5) is 11.4 Å². The molecule has 1 aromatic carbocycles. The van der Waals surface area contributed by atoms with Gasteiger partial charge in [-0.15, -0.1) is 0 Å². The quantitative estimate of drug-likeness (QED) is 0.562. The SMILES string of the molecule is CCOC(=O)c1ccccc1NC(=O)c1cncc(NC2CCCCCC2)c1. The molecule has 6 nitrogen and oxygen atoms in total. The molecular formula is C22H27N3O3. The van der Waals surface area contributed by atoms with Gasteiger partial charge in [-0.3, -0.25) is 9.78 Å². The highest BCUT2D eigenvalue weighted by atomic mass is 16.5. The number of aromatic nitrogens is 1. The van der Waals surface area contributed by atoms with Gasteiger partial charge >= 0.3 is 5.97 Å². The first kappa shape index (κ1) is 19.9. The van der Waals surface area contributed by atoms with Crippen LogP contribution in [-0.4, -0.2) is 29.5 Å². The smallest absolute Gasteiger partial charge is 0.340 e. The molecule has 0 saturated heterocycles. The molecular weight excluding hydrogens is 354 g/mol. The minimum atomic E-state index is -0.458. The number of anilines is 2. The molecule has 1 amide bonds. The van der Waals surface area contributed by atoms with Crippen LogP contribution in [0.2, 0.25) is 0 Å². The first-order chi connectivity index (χ1) is 13.7. The third-order valence-corrected chi connectivity index (χ3v) is 4.90. The molecule has 0 spiro atoms. The molecule has 1 aromatic heterocycles. The molecule has 1 aliphatic rings. The molecule has 1 fully saturated rings. The van der Waals surface area contributed by atoms with Crippen LogP contribution in [0.5, 0.6) is 0 Å². The lowest BCUT2D eigenvalue weighted by Crippen LogP contribution is -2.19. The van der Waals surface area contributed by atoms with E-state index in [1.54, 1.807) is 43.5 Å². The number of carbonyl (C=O) groups is 2. The van der Waals surface area contributed by atoms with E-state index in [2.05, 4.69) is 15.6 Å². The Hall–Kier alpha value is -2.89. The van der Waals surface area contributed by atoms with E-state index >= 15 is 0 Å². The summed E-state index contributed by atoms with van der Waals surface area (Å²) in [6.07, 6.45) is 10.6. The zero-order valence-electron chi connectivity index (χ0n) is 16.2. The number of nitrogens with one attached hydrogen (secondary N) is 2. The zero-order chi connectivity index (χ0) is 19.8. The molecule has 1 aliphatic carbocycles. The van der Waals surface area contributed by atoms with Crippen LogP contribution < -0.4 is 10.6 Å². The number of ether oxygens (including phenoxy) is 1. The van der Waals surface area contributed by atoms with Gasteiger partial charge < -0.3 is 15.4 Å². The Morgan fingerprint density at radius 2 is 1.86 bits per heavy atom. The number of esters is 1. The number of benzene rings is 1. The van der Waals surface area contributed by atoms with Gasteiger partial charge in [-0.1, -0.05) is 37.8 Å². The summed E-state index contributed by atoms with van der Waals surface area (Å²) in [5, 5.41) is 6.31. The van der Waals surface area contributed by atoms with Gasteiger partial charge in [0.25, 0.3) is 5.91 Å². The van der Waals surface area contributed by atoms with Crippen molar-refractivity contribution in [3.63, 3.8) is 0 Å². The Morgan fingerprint density at radius 3 is 2.61 bits per heavy atom. The maximum absolute atomic E-state index is 12.7. The number of amides is 1. The van der Waals surface area contributed by atoms with Gasteiger partial charge in [0.2, 0.25) is 0 Å². The fraction of sp³-hybridized carbons (Fsp3) is 0.409. The maximum atomic E-state index is 12.7. The highest BCUT2D eigenvalue weighted by Gasteiger charge is 2.16. The number of rotatable bonds is 6. The van der Waals surface area contributed by atoms with E-state index in [0.717, 1.165) is 18.5 Å². The summed E-state index contributed by atoms with van der Waals surface area (Å²) in [6, 6.07) is 9.05. The standard InChI is InChI=1S/C22H27N3O3/c1-2-28-22(27)19-11-7-8-12-20(19)25-21(26)16-13-18(15-23-14-16)24-17-9-5-3-4-6-10-17/h7-8,11-15,17,24H,2-6,9-10H2,1H3,(H,25,26). The van der Waals surface area contributed by atoms with E-state index in [4.69, 9.17) is 4.74 Å². The number of carbonyl (C=O) groups excluding carboxylic acids is 2. The average molecular weight is 381 g/mol. The van der Waals surface area contributed by atoms with Crippen LogP contribution in [0.25, 0.3) is 0 Å². The van der Waals surface area contributed by atoms with Crippen LogP contribution >= 0.6 is 0 Å². The van der Waals surface area contributed by atoms with Crippen molar-refractivity contribution < 1.29 is 14.3 Å². The summed E-state index contributed by atoms with van der Waals surface area (Å²) in [7, 11) is 0. The predicted molar refractivity (Wildman–Crippen MR) is 110 cm³/mol. The second-order valence-electron chi connectivity index (χ2n) is 7.02. The summed E-state index contributed by atoms with van der Waals surface area (Å²) in [6.45, 7) is 2.03. The van der Waals surface area contributed by atoms with E-state index in [-0.39, 0.29) is 12.5 Å². The second-order valence-corrected chi connectivity index (χ2v) is 7.02. The molecule has 6 heteroatoms. The van der Waals surface area contributed by atoms with Crippen molar-refractivity contribution in [1.82, 2.24) is 4.98 Å². The highest BCUT2D eigenvalue weighted by Crippen LogP contribution is 2.22. The van der Waals surface area contributed by atoms with E-state index in [1.807, 2.05) is 0 Å². The van der Waals surface area contributed by atoms with Crippen molar-refractivity contribution in [3.8, 4) is 0 Å². The van der Waals surface area contributed by atoms with Gasteiger partial charge in [0.1, 0.15) is 0 Å². The van der Waals surface area contributed by atoms with Gasteiger partial charge in [0.15, 0.2) is 0 Å². The minimum Gasteiger partial charge on any atom is -0.462 e. The number of para-hydroxylation sites is 1. The first-order valence-corrected chi connectivity index (χ1v) is 9.96. The Labute approximate surface area is 165 Å². The molecule has 1 heterocycles. The zero-order valence-corrected chi connectivity index (χ0v) is 16.2. The molecule has 0 unspecified atom stereocenters. The van der Waals surface area contributed by atoms with E-state index in [0.29, 0.717) is 22.9 Å². The van der Waals surface area contributed by atoms with Crippen molar-refractivity contribution in [2.75, 3.05) is 17.2 Å². The molecule has 148 valence electrons. The van der Waals surface area contributed by atoms with Gasteiger partial charge in [0, 0.05) is 18.4 Å². The highest BCUT2D eigenvalue weighted by molar-refractivity contribution is 6.08. The Balaban J connectivity index is 1.71. The third kappa shape index (κ3) is 5.31. The lowest BCUT2D eigenvalue weighted by molar-refractivity contribution is 0.0527. The van der Waals surface area contributed by atoms with Gasteiger partial charge in [-0.05, 0) is 38.0 Å². The second kappa shape index (κ2) is 9.88. The molecule has 28 heavy (non-hydrogen) atoms. The summed E-state index contributed by atoms with van der Waals surface area (Å²) < 4.78 is 5.06. The molecule has 3 rings (SSSR count). The predicted octanol–water partition coefficient (Wildman–Crippen LogP) is 4.65. The monoisotopic (exact) mass is 381 g/mol. The average Bonchev–Trinajstić information content (AvgIpc) is 2.97. The number of hydrogen-bond acceptors (Lipinski definition) is 5. The molecule has 0 radical (unpaired) electrons. The lowest BCUT2D eigenvalue weighted by Gasteiger charge is -2.18. The van der Waals surface area contributed by atoms with Crippen LogP contribution in [0.15, 0.2) is 42.7 Å². The molecule has 0 atom stereocenters. The number of hydrogen-bond donors (Lipinski definition) is 2. The fourth-order valence-electron chi connectivity index (χ4n) is 3.48. The summed E-state index contributed by atoms with van der Waals surface area (Å²) in [4.78, 5) is 29.0. The molecule has 0 bridgehead atoms. The van der Waals surface area contributed by atoms with Crippen LogP contribution in [0, 0.1) is 0 Å². The number of nitrogens with zero attached hydrogens (tertiary/aromatic N) is 1. The topological polar surface area (TPSA) is 80.3 Å². The number of pyridine rings is 1. The minimum absolute atomic E-state index is 0.278. The lowest BCUT2D eigenvalue weighted by atomic mass is 10.1. The van der Waals surface area contributed by atoms with Crippen molar-refractivity contribution in [2.24, 2.45) is 0 Å². The largest absolute Gasteiger partial charge is 0.462 e. The maximum Gasteiger partial charge on any atom is 0.340 e. The molecule has 1 saturated carbocycles. The van der Waals surface area contributed by atoms with Crippen LogP contribution in [-0.2, 0) is 4.74 Å². The van der Waals surface area contributed by atoms with Crippen molar-refractivity contribution in [1.29, 1.82) is 0 Å². The van der Waals surface area contributed by atoms with Crippen LogP contribution in [0.1, 0.15) is 66.2 Å². The van der Waals surface area contributed by atoms with E-state index < -0.39 is 5.97 Å². The Kier molecular flexibility index (Phi) is 7.00. The van der Waals surface area contributed by atoms with Crippen molar-refractivity contribution >= 4 is 23.3 Å². The van der Waals surface area contributed by atoms with Crippen LogP contribution in [0.3, 0.4) is 0 Å². The van der Waals surface area contributed by atoms with Crippen molar-refractivity contribution in [3.05, 3.63) is 53.9 Å². The Bertz CT molecular complexity index is 814. The van der Waals surface area contributed by atoms with Crippen molar-refractivity contribution in [2.45, 2.75) is 51.5 Å². The summed E-state index contributed by atoms with van der Waals surface area (Å²) >= 11 is 0. The fourth-order valence-corrected chi connectivity index (χ4v) is 3.48. The van der Waals surface area contributed by atoms with E-state index in [1.165, 1.54) is 31.9 Å².